The number of rotatable bonds is 3. The number of fused-ring (bicyclic) bond motifs is 2. The van der Waals surface area contributed by atoms with Gasteiger partial charge in [-0.2, -0.15) is 0 Å². The molecule has 1 amide bonds. The molecular formula is C21H28N6O2. The molecule has 8 heteroatoms. The summed E-state index contributed by atoms with van der Waals surface area (Å²) in [5, 5.41) is 0. The molecule has 29 heavy (non-hydrogen) atoms. The number of nitrogens with zero attached hydrogens (tertiary/aromatic N) is 5. The van der Waals surface area contributed by atoms with Gasteiger partial charge in [-0.05, 0) is 45.1 Å². The lowest BCUT2D eigenvalue weighted by atomic mass is 9.77. The summed E-state index contributed by atoms with van der Waals surface area (Å²) in [7, 11) is 3.88. The Morgan fingerprint density at radius 3 is 2.79 bits per heavy atom. The van der Waals surface area contributed by atoms with E-state index in [1.165, 1.54) is 5.56 Å². The van der Waals surface area contributed by atoms with E-state index in [0.717, 1.165) is 37.9 Å². The first-order chi connectivity index (χ1) is 13.8. The summed E-state index contributed by atoms with van der Waals surface area (Å²) in [6.45, 7) is 4.90. The number of hydrogen-bond donors (Lipinski definition) is 1. The Kier molecular flexibility index (Phi) is 4.88. The number of carbonyl (C=O) groups is 1. The number of aromatic amines is 1. The zero-order valence-corrected chi connectivity index (χ0v) is 17.6. The lowest BCUT2D eigenvalue weighted by Crippen LogP contribution is -2.48. The van der Waals surface area contributed by atoms with Gasteiger partial charge >= 0.3 is 0 Å². The summed E-state index contributed by atoms with van der Waals surface area (Å²) in [6, 6.07) is 0. The van der Waals surface area contributed by atoms with Crippen molar-refractivity contribution in [2.24, 2.45) is 0 Å². The van der Waals surface area contributed by atoms with E-state index in [2.05, 4.69) is 15.0 Å². The number of likely N-dealkylation sites (tertiary alicyclic amines) is 1. The number of nitrogens with one attached hydrogen (secondary N) is 1. The van der Waals surface area contributed by atoms with Crippen LogP contribution in [-0.2, 0) is 23.1 Å². The Hall–Kier alpha value is -2.77. The van der Waals surface area contributed by atoms with Crippen LogP contribution in [0.1, 0.15) is 47.6 Å². The number of aryl methyl sites for hydroxylation is 3. The molecule has 1 spiro atoms. The molecule has 2 aliphatic rings. The maximum absolute atomic E-state index is 13.1. The minimum atomic E-state index is -0.218. The number of aromatic nitrogens is 4. The van der Waals surface area contributed by atoms with Crippen LogP contribution in [0.3, 0.4) is 0 Å². The van der Waals surface area contributed by atoms with Crippen LogP contribution in [-0.4, -0.2) is 57.9 Å². The van der Waals surface area contributed by atoms with Crippen LogP contribution in [0.5, 0.6) is 0 Å². The smallest absolute Gasteiger partial charge is 0.254 e. The molecule has 1 aliphatic heterocycles. The van der Waals surface area contributed by atoms with Crippen molar-refractivity contribution < 1.29 is 4.79 Å². The van der Waals surface area contributed by atoms with E-state index in [-0.39, 0.29) is 23.3 Å². The summed E-state index contributed by atoms with van der Waals surface area (Å²) in [5.41, 5.74) is 3.05. The average Bonchev–Trinajstić information content (AvgIpc) is 3.01. The number of piperidine rings is 1. The number of carbonyl (C=O) groups excluding carboxylic acids is 1. The van der Waals surface area contributed by atoms with Crippen molar-refractivity contribution >= 4 is 11.9 Å². The van der Waals surface area contributed by atoms with E-state index < -0.39 is 0 Å². The molecule has 1 atom stereocenters. The molecule has 0 saturated carbocycles. The molecule has 1 N–H and O–H groups in total. The first-order valence-corrected chi connectivity index (χ1v) is 10.2. The predicted octanol–water partition coefficient (Wildman–Crippen LogP) is 1.29. The third-order valence-corrected chi connectivity index (χ3v) is 6.23. The summed E-state index contributed by atoms with van der Waals surface area (Å²) in [4.78, 5) is 45.5. The molecule has 0 aromatic carbocycles. The minimum Gasteiger partial charge on any atom is -0.347 e. The zero-order chi connectivity index (χ0) is 20.8. The van der Waals surface area contributed by atoms with Gasteiger partial charge in [-0.3, -0.25) is 9.59 Å². The van der Waals surface area contributed by atoms with Crippen molar-refractivity contribution in [1.29, 1.82) is 0 Å². The maximum Gasteiger partial charge on any atom is 0.254 e. The van der Waals surface area contributed by atoms with E-state index in [1.807, 2.05) is 30.1 Å². The van der Waals surface area contributed by atoms with Crippen molar-refractivity contribution in [2.75, 3.05) is 32.1 Å². The molecule has 2 aromatic rings. The number of hydrogen-bond acceptors (Lipinski definition) is 6. The largest absolute Gasteiger partial charge is 0.347 e. The molecular weight excluding hydrogens is 368 g/mol. The zero-order valence-electron chi connectivity index (χ0n) is 17.6. The van der Waals surface area contributed by atoms with Gasteiger partial charge in [0.15, 0.2) is 0 Å². The van der Waals surface area contributed by atoms with Gasteiger partial charge in [-0.25, -0.2) is 15.0 Å². The fraction of sp³-hybridized carbons (Fsp3) is 0.571. The van der Waals surface area contributed by atoms with Crippen molar-refractivity contribution in [1.82, 2.24) is 24.8 Å². The van der Waals surface area contributed by atoms with Gasteiger partial charge in [0.05, 0.1) is 12.1 Å². The summed E-state index contributed by atoms with van der Waals surface area (Å²) < 4.78 is 0. The van der Waals surface area contributed by atoms with Gasteiger partial charge in [0.25, 0.3) is 5.56 Å². The van der Waals surface area contributed by atoms with Crippen LogP contribution in [0.4, 0.5) is 5.95 Å². The summed E-state index contributed by atoms with van der Waals surface area (Å²) in [6.07, 6.45) is 5.93. The molecule has 4 rings (SSSR count). The van der Waals surface area contributed by atoms with Crippen LogP contribution in [0, 0.1) is 13.8 Å². The van der Waals surface area contributed by atoms with Gasteiger partial charge < -0.3 is 14.8 Å². The number of H-pyrrole nitrogens is 1. The van der Waals surface area contributed by atoms with E-state index in [4.69, 9.17) is 4.98 Å². The maximum atomic E-state index is 13.1. The fourth-order valence-electron chi connectivity index (χ4n) is 4.71. The van der Waals surface area contributed by atoms with Crippen LogP contribution in [0.2, 0.25) is 0 Å². The first-order valence-electron chi connectivity index (χ1n) is 10.2. The second-order valence-corrected chi connectivity index (χ2v) is 8.53. The Balaban J connectivity index is 1.58. The SMILES string of the molecule is Cc1nc(C)c(CC(=O)N2CCCC3(CCc4cnc(N(C)C)nc43)C2)c(=O)[nH]1. The lowest BCUT2D eigenvalue weighted by Gasteiger charge is -2.40. The van der Waals surface area contributed by atoms with E-state index >= 15 is 0 Å². The Bertz CT molecular complexity index is 1010. The molecule has 154 valence electrons. The average molecular weight is 396 g/mol. The highest BCUT2D eigenvalue weighted by molar-refractivity contribution is 5.79. The third kappa shape index (κ3) is 3.52. The third-order valence-electron chi connectivity index (χ3n) is 6.23. The van der Waals surface area contributed by atoms with Gasteiger partial charge in [0.1, 0.15) is 5.82 Å². The number of anilines is 1. The highest BCUT2D eigenvalue weighted by atomic mass is 16.2. The molecule has 1 unspecified atom stereocenters. The Morgan fingerprint density at radius 1 is 1.28 bits per heavy atom. The van der Waals surface area contributed by atoms with Crippen LogP contribution in [0.15, 0.2) is 11.0 Å². The second-order valence-electron chi connectivity index (χ2n) is 8.53. The Labute approximate surface area is 170 Å². The highest BCUT2D eigenvalue weighted by Crippen LogP contribution is 2.44. The normalized spacial score (nSPS) is 20.8. The topological polar surface area (TPSA) is 95.1 Å². The Morgan fingerprint density at radius 2 is 2.07 bits per heavy atom. The van der Waals surface area contributed by atoms with Crippen molar-refractivity contribution in [3.8, 4) is 0 Å². The van der Waals surface area contributed by atoms with Crippen molar-refractivity contribution in [2.45, 2.75) is 51.4 Å². The second kappa shape index (κ2) is 7.24. The van der Waals surface area contributed by atoms with Gasteiger partial charge in [-0.1, -0.05) is 0 Å². The van der Waals surface area contributed by atoms with Crippen LogP contribution in [0.25, 0.3) is 0 Å². The van der Waals surface area contributed by atoms with Crippen LogP contribution < -0.4 is 10.5 Å². The first kappa shape index (κ1) is 19.5. The van der Waals surface area contributed by atoms with Gasteiger partial charge in [0, 0.05) is 50.1 Å². The molecule has 1 aliphatic carbocycles. The van der Waals surface area contributed by atoms with E-state index in [9.17, 15) is 9.59 Å². The van der Waals surface area contributed by atoms with Crippen LogP contribution >= 0.6 is 0 Å². The highest BCUT2D eigenvalue weighted by Gasteiger charge is 2.44. The summed E-state index contributed by atoms with van der Waals surface area (Å²) >= 11 is 0. The fourth-order valence-corrected chi connectivity index (χ4v) is 4.71. The molecule has 3 heterocycles. The molecule has 8 nitrogen and oxygen atoms in total. The lowest BCUT2D eigenvalue weighted by molar-refractivity contribution is -0.132. The monoisotopic (exact) mass is 396 g/mol. The van der Waals surface area contributed by atoms with Crippen molar-refractivity contribution in [3.05, 3.63) is 44.9 Å². The van der Waals surface area contributed by atoms with Gasteiger partial charge in [-0.15, -0.1) is 0 Å². The van der Waals surface area contributed by atoms with Crippen molar-refractivity contribution in [3.63, 3.8) is 0 Å². The molecule has 1 fully saturated rings. The summed E-state index contributed by atoms with van der Waals surface area (Å²) in [5.74, 6) is 1.26. The molecule has 0 bridgehead atoms. The number of amides is 1. The quantitative estimate of drug-likeness (QED) is 0.840. The molecule has 0 radical (unpaired) electrons. The van der Waals surface area contributed by atoms with E-state index in [1.54, 1.807) is 13.8 Å². The van der Waals surface area contributed by atoms with Gasteiger partial charge in [0.2, 0.25) is 11.9 Å². The molecule has 2 aromatic heterocycles. The van der Waals surface area contributed by atoms with E-state index in [0.29, 0.717) is 29.6 Å². The standard InChI is InChI=1S/C21H28N6O2/c1-13-16(19(29)24-14(2)23-13)10-17(28)27-9-5-7-21(12-27)8-6-15-11-22-20(26(3)4)25-18(15)21/h11H,5-10,12H2,1-4H3,(H,23,24,29). The molecule has 1 saturated heterocycles. The minimum absolute atomic E-state index is 0.0151. The predicted molar refractivity (Wildman–Crippen MR) is 110 cm³/mol.